The molecule has 0 amide bonds. The van der Waals surface area contributed by atoms with E-state index in [2.05, 4.69) is 9.97 Å². The average Bonchev–Trinajstić information content (AvgIpc) is 3.32. The normalized spacial score (nSPS) is 14.0. The fourth-order valence-corrected chi connectivity index (χ4v) is 3.80. The topological polar surface area (TPSA) is 93.1 Å². The van der Waals surface area contributed by atoms with Crippen LogP contribution in [0.1, 0.15) is 18.5 Å². The SMILES string of the molecule is COc1cc2c(-c3ccc4[nH]c(C)cc4c3F)cc(=O)[nH]c2cc1OCC1(N)CC1.Cl.Cl. The Morgan fingerprint density at radius 1 is 1.00 bits per heavy atom. The number of aryl methyl sites for hydroxylation is 1. The van der Waals surface area contributed by atoms with Crippen molar-refractivity contribution in [2.45, 2.75) is 25.3 Å². The van der Waals surface area contributed by atoms with Gasteiger partial charge in [0.1, 0.15) is 12.4 Å². The van der Waals surface area contributed by atoms with Crippen LogP contribution in [0, 0.1) is 12.7 Å². The number of pyridine rings is 1. The molecule has 1 fully saturated rings. The van der Waals surface area contributed by atoms with Gasteiger partial charge in [-0.1, -0.05) is 0 Å². The monoisotopic (exact) mass is 479 g/mol. The third kappa shape index (κ3) is 4.16. The summed E-state index contributed by atoms with van der Waals surface area (Å²) in [6.07, 6.45) is 1.84. The number of ether oxygens (including phenoxy) is 2. The van der Waals surface area contributed by atoms with Crippen molar-refractivity contribution in [3.8, 4) is 22.6 Å². The molecule has 0 bridgehead atoms. The van der Waals surface area contributed by atoms with Crippen molar-refractivity contribution in [1.82, 2.24) is 9.97 Å². The zero-order valence-corrected chi connectivity index (χ0v) is 19.2. The Morgan fingerprint density at radius 2 is 1.75 bits per heavy atom. The van der Waals surface area contributed by atoms with Crippen LogP contribution in [0.3, 0.4) is 0 Å². The lowest BCUT2D eigenvalue weighted by Gasteiger charge is -2.16. The van der Waals surface area contributed by atoms with Gasteiger partial charge < -0.3 is 25.2 Å². The highest BCUT2D eigenvalue weighted by molar-refractivity contribution is 5.98. The molecular formula is C23H24Cl2FN3O3. The van der Waals surface area contributed by atoms with E-state index >= 15 is 4.39 Å². The van der Waals surface area contributed by atoms with Crippen molar-refractivity contribution < 1.29 is 13.9 Å². The largest absolute Gasteiger partial charge is 0.493 e. The van der Waals surface area contributed by atoms with Crippen molar-refractivity contribution in [2.75, 3.05) is 13.7 Å². The third-order valence-electron chi connectivity index (χ3n) is 5.70. The Bertz CT molecular complexity index is 1360. The van der Waals surface area contributed by atoms with Gasteiger partial charge in [0.25, 0.3) is 0 Å². The minimum Gasteiger partial charge on any atom is -0.493 e. The van der Waals surface area contributed by atoms with Crippen molar-refractivity contribution in [3.05, 3.63) is 58.3 Å². The zero-order chi connectivity index (χ0) is 21.0. The molecule has 0 radical (unpaired) electrons. The van der Waals surface area contributed by atoms with Crippen LogP contribution < -0.4 is 20.8 Å². The second-order valence-electron chi connectivity index (χ2n) is 8.09. The number of halogens is 3. The van der Waals surface area contributed by atoms with Gasteiger partial charge in [0.2, 0.25) is 5.56 Å². The summed E-state index contributed by atoms with van der Waals surface area (Å²) in [7, 11) is 1.55. The van der Waals surface area contributed by atoms with Crippen LogP contribution in [0.4, 0.5) is 4.39 Å². The first-order chi connectivity index (χ1) is 14.4. The molecule has 32 heavy (non-hydrogen) atoms. The van der Waals surface area contributed by atoms with Gasteiger partial charge in [0, 0.05) is 39.7 Å². The molecule has 1 aliphatic carbocycles. The van der Waals surface area contributed by atoms with Gasteiger partial charge in [-0.3, -0.25) is 4.79 Å². The number of hydrogen-bond acceptors (Lipinski definition) is 4. The van der Waals surface area contributed by atoms with E-state index in [1.807, 2.05) is 13.0 Å². The van der Waals surface area contributed by atoms with Gasteiger partial charge in [-0.15, -0.1) is 24.8 Å². The Hall–Kier alpha value is -2.74. The summed E-state index contributed by atoms with van der Waals surface area (Å²) in [4.78, 5) is 18.3. The molecule has 170 valence electrons. The number of aromatic amines is 2. The summed E-state index contributed by atoms with van der Waals surface area (Å²) in [5.41, 5.74) is 8.48. The van der Waals surface area contributed by atoms with E-state index in [0.29, 0.717) is 51.0 Å². The number of benzene rings is 2. The molecule has 2 aromatic heterocycles. The van der Waals surface area contributed by atoms with Crippen molar-refractivity contribution in [2.24, 2.45) is 5.73 Å². The molecule has 0 spiro atoms. The van der Waals surface area contributed by atoms with Gasteiger partial charge in [-0.25, -0.2) is 4.39 Å². The number of rotatable bonds is 5. The quantitative estimate of drug-likeness (QED) is 0.381. The van der Waals surface area contributed by atoms with E-state index in [-0.39, 0.29) is 41.7 Å². The first-order valence-electron chi connectivity index (χ1n) is 9.82. The fourth-order valence-electron chi connectivity index (χ4n) is 3.80. The number of methoxy groups -OCH3 is 1. The fraction of sp³-hybridized carbons (Fsp3) is 0.261. The number of nitrogens with one attached hydrogen (secondary N) is 2. The average molecular weight is 480 g/mol. The van der Waals surface area contributed by atoms with Crippen LogP contribution in [-0.2, 0) is 0 Å². The highest BCUT2D eigenvalue weighted by atomic mass is 35.5. The zero-order valence-electron chi connectivity index (χ0n) is 17.6. The highest BCUT2D eigenvalue weighted by Gasteiger charge is 2.39. The van der Waals surface area contributed by atoms with Gasteiger partial charge in [-0.2, -0.15) is 0 Å². The first-order valence-corrected chi connectivity index (χ1v) is 9.82. The number of hydrogen-bond donors (Lipinski definition) is 3. The van der Waals surface area contributed by atoms with Crippen LogP contribution in [0.25, 0.3) is 32.9 Å². The van der Waals surface area contributed by atoms with Crippen molar-refractivity contribution >= 4 is 46.6 Å². The minimum absolute atomic E-state index is 0. The summed E-state index contributed by atoms with van der Waals surface area (Å²) in [5, 5.41) is 1.15. The predicted molar refractivity (Wildman–Crippen MR) is 129 cm³/mol. The third-order valence-corrected chi connectivity index (χ3v) is 5.70. The maximum absolute atomic E-state index is 15.3. The van der Waals surface area contributed by atoms with Gasteiger partial charge in [0.05, 0.1) is 18.2 Å². The van der Waals surface area contributed by atoms with E-state index in [4.69, 9.17) is 15.2 Å². The van der Waals surface area contributed by atoms with Gasteiger partial charge in [0.15, 0.2) is 11.5 Å². The first kappa shape index (κ1) is 23.9. The maximum atomic E-state index is 15.3. The van der Waals surface area contributed by atoms with Gasteiger partial charge >= 0.3 is 0 Å². The Labute approximate surface area is 196 Å². The lowest BCUT2D eigenvalue weighted by Crippen LogP contribution is -2.29. The molecule has 4 N–H and O–H groups in total. The molecule has 0 atom stereocenters. The standard InChI is InChI=1S/C23H22FN3O3.2ClH/c1-12-7-16-17(26-12)4-3-13(22(16)24)14-9-21(28)27-18-10-20(19(29-2)8-15(14)18)30-11-23(25)5-6-23;;/h3-4,7-10,26H,5-6,11,25H2,1-2H3,(H,27,28);2*1H. The van der Waals surface area contributed by atoms with E-state index < -0.39 is 0 Å². The Balaban J connectivity index is 0.00000144. The molecule has 1 saturated carbocycles. The second-order valence-corrected chi connectivity index (χ2v) is 8.09. The van der Waals surface area contributed by atoms with Crippen LogP contribution in [0.2, 0.25) is 0 Å². The van der Waals surface area contributed by atoms with Gasteiger partial charge in [-0.05, 0) is 49.6 Å². The van der Waals surface area contributed by atoms with Crippen LogP contribution in [0.15, 0.2) is 41.2 Å². The molecule has 9 heteroatoms. The highest BCUT2D eigenvalue weighted by Crippen LogP contribution is 2.39. The molecule has 1 aliphatic rings. The van der Waals surface area contributed by atoms with Crippen molar-refractivity contribution in [1.29, 1.82) is 0 Å². The smallest absolute Gasteiger partial charge is 0.249 e. The molecule has 2 aromatic carbocycles. The molecule has 0 unspecified atom stereocenters. The van der Waals surface area contributed by atoms with E-state index in [9.17, 15) is 4.79 Å². The van der Waals surface area contributed by atoms with Crippen LogP contribution in [-0.4, -0.2) is 29.2 Å². The molecular weight excluding hydrogens is 456 g/mol. The number of nitrogens with two attached hydrogens (primary N) is 1. The molecule has 0 saturated heterocycles. The minimum atomic E-state index is -0.373. The van der Waals surface area contributed by atoms with Crippen LogP contribution >= 0.6 is 24.8 Å². The summed E-state index contributed by atoms with van der Waals surface area (Å²) in [6.45, 7) is 2.25. The predicted octanol–water partition coefficient (Wildman–Crippen LogP) is 4.85. The molecule has 4 aromatic rings. The Morgan fingerprint density at radius 3 is 2.44 bits per heavy atom. The molecule has 5 rings (SSSR count). The van der Waals surface area contributed by atoms with Crippen LogP contribution in [0.5, 0.6) is 11.5 Å². The number of H-pyrrole nitrogens is 2. The van der Waals surface area contributed by atoms with E-state index in [0.717, 1.165) is 18.5 Å². The maximum Gasteiger partial charge on any atom is 0.249 e. The second kappa shape index (κ2) is 8.65. The Kier molecular flexibility index (Phi) is 6.47. The van der Waals surface area contributed by atoms with E-state index in [1.165, 1.54) is 6.07 Å². The number of fused-ring (bicyclic) bond motifs is 2. The molecule has 2 heterocycles. The van der Waals surface area contributed by atoms with E-state index in [1.54, 1.807) is 31.4 Å². The molecule has 0 aliphatic heterocycles. The molecule has 6 nitrogen and oxygen atoms in total. The summed E-state index contributed by atoms with van der Waals surface area (Å²) in [5.74, 6) is 0.618. The summed E-state index contributed by atoms with van der Waals surface area (Å²) in [6, 6.07) is 10.1. The summed E-state index contributed by atoms with van der Waals surface area (Å²) < 4.78 is 26.7. The lowest BCUT2D eigenvalue weighted by atomic mass is 9.99. The van der Waals surface area contributed by atoms with Crippen molar-refractivity contribution in [3.63, 3.8) is 0 Å². The summed E-state index contributed by atoms with van der Waals surface area (Å²) >= 11 is 0. The number of aromatic nitrogens is 2. The lowest BCUT2D eigenvalue weighted by molar-refractivity contribution is 0.264.